The molecule has 0 saturated carbocycles. The van der Waals surface area contributed by atoms with Crippen LogP contribution in [0, 0.1) is 0 Å². The van der Waals surface area contributed by atoms with Crippen LogP contribution in [0.1, 0.15) is 0 Å². The first kappa shape index (κ1) is 7.32. The van der Waals surface area contributed by atoms with Gasteiger partial charge in [-0.2, -0.15) is 0 Å². The van der Waals surface area contributed by atoms with Crippen LogP contribution in [0.3, 0.4) is 0 Å². The monoisotopic (exact) mass is 186 g/mol. The van der Waals surface area contributed by atoms with Crippen molar-refractivity contribution in [2.24, 2.45) is 0 Å². The summed E-state index contributed by atoms with van der Waals surface area (Å²) in [5, 5.41) is 1.32. The Hall–Kier alpha value is -2.10. The van der Waals surface area contributed by atoms with E-state index < -0.39 is 0 Å². The van der Waals surface area contributed by atoms with E-state index in [0.717, 1.165) is 5.39 Å². The van der Waals surface area contributed by atoms with Gasteiger partial charge in [0.1, 0.15) is 11.0 Å². The van der Waals surface area contributed by atoms with Crippen LogP contribution < -0.4 is 5.56 Å². The molecule has 68 valence electrons. The van der Waals surface area contributed by atoms with Gasteiger partial charge in [0.2, 0.25) is 5.71 Å². The predicted molar refractivity (Wildman–Crippen MR) is 52.1 cm³/mol. The van der Waals surface area contributed by atoms with Crippen molar-refractivity contribution in [2.45, 2.75) is 0 Å². The van der Waals surface area contributed by atoms with Crippen LogP contribution in [-0.2, 0) is 0 Å². The molecule has 2 aromatic heterocycles. The normalized spacial score (nSPS) is 11.1. The molecule has 1 N–H and O–H groups in total. The number of nitrogens with zero attached hydrogens (tertiary/aromatic N) is 1. The van der Waals surface area contributed by atoms with Crippen molar-refractivity contribution in [1.29, 1.82) is 0 Å². The van der Waals surface area contributed by atoms with E-state index in [0.29, 0.717) is 16.7 Å². The van der Waals surface area contributed by atoms with Crippen molar-refractivity contribution in [3.05, 3.63) is 40.9 Å². The number of aromatic amines is 1. The van der Waals surface area contributed by atoms with Gasteiger partial charge in [-0.1, -0.05) is 18.2 Å². The average molecular weight is 186 g/mol. The van der Waals surface area contributed by atoms with Crippen LogP contribution in [0.2, 0.25) is 0 Å². The Balaban J connectivity index is 2.73. The number of nitrogens with one attached hydrogen (secondary N) is 1. The van der Waals surface area contributed by atoms with Gasteiger partial charge >= 0.3 is 0 Å². The quantitative estimate of drug-likeness (QED) is 0.581. The largest absolute Gasteiger partial charge is 0.437 e. The Morgan fingerprint density at radius 2 is 2.14 bits per heavy atom. The van der Waals surface area contributed by atoms with E-state index >= 15 is 0 Å². The summed E-state index contributed by atoms with van der Waals surface area (Å²) in [6, 6.07) is 7.39. The fourth-order valence-electron chi connectivity index (χ4n) is 1.56. The number of H-pyrrole nitrogens is 1. The molecule has 4 nitrogen and oxygen atoms in total. The van der Waals surface area contributed by atoms with Crippen molar-refractivity contribution in [2.75, 3.05) is 0 Å². The molecular weight excluding hydrogens is 180 g/mol. The summed E-state index contributed by atoms with van der Waals surface area (Å²) in [6.07, 6.45) is 1.34. The van der Waals surface area contributed by atoms with Gasteiger partial charge < -0.3 is 9.40 Å². The summed E-state index contributed by atoms with van der Waals surface area (Å²) < 4.78 is 5.40. The van der Waals surface area contributed by atoms with E-state index in [-0.39, 0.29) is 5.56 Å². The van der Waals surface area contributed by atoms with Gasteiger partial charge in [0, 0.05) is 5.39 Å². The SMILES string of the molecule is O=c1[nH]cnc2oc3ccccc3c12. The summed E-state index contributed by atoms with van der Waals surface area (Å²) in [6.45, 7) is 0. The number of para-hydroxylation sites is 1. The maximum atomic E-state index is 11.5. The number of furan rings is 1. The third-order valence-electron chi connectivity index (χ3n) is 2.18. The molecule has 0 unspecified atom stereocenters. The van der Waals surface area contributed by atoms with E-state index in [4.69, 9.17) is 4.42 Å². The van der Waals surface area contributed by atoms with Crippen LogP contribution in [0.4, 0.5) is 0 Å². The van der Waals surface area contributed by atoms with Gasteiger partial charge in [0.15, 0.2) is 0 Å². The minimum atomic E-state index is -0.167. The highest BCUT2D eigenvalue weighted by molar-refractivity contribution is 6.02. The Morgan fingerprint density at radius 1 is 1.29 bits per heavy atom. The Morgan fingerprint density at radius 3 is 3.07 bits per heavy atom. The highest BCUT2D eigenvalue weighted by Gasteiger charge is 2.09. The predicted octanol–water partition coefficient (Wildman–Crippen LogP) is 1.67. The maximum absolute atomic E-state index is 11.5. The summed E-state index contributed by atoms with van der Waals surface area (Å²) in [5.74, 6) is 0. The van der Waals surface area contributed by atoms with Crippen molar-refractivity contribution >= 4 is 22.1 Å². The van der Waals surface area contributed by atoms with Gasteiger partial charge in [-0.15, -0.1) is 0 Å². The zero-order valence-corrected chi connectivity index (χ0v) is 7.15. The molecule has 0 bridgehead atoms. The van der Waals surface area contributed by atoms with E-state index in [1.165, 1.54) is 6.33 Å². The lowest BCUT2D eigenvalue weighted by molar-refractivity contribution is 0.652. The Kier molecular flexibility index (Phi) is 1.28. The second kappa shape index (κ2) is 2.45. The van der Waals surface area contributed by atoms with Crippen LogP contribution in [-0.4, -0.2) is 9.97 Å². The molecule has 0 aliphatic rings. The second-order valence-corrected chi connectivity index (χ2v) is 3.01. The molecule has 0 aliphatic heterocycles. The minimum absolute atomic E-state index is 0.167. The van der Waals surface area contributed by atoms with Crippen molar-refractivity contribution in [1.82, 2.24) is 9.97 Å². The molecule has 2 heterocycles. The van der Waals surface area contributed by atoms with Gasteiger partial charge in [0.05, 0.1) is 6.33 Å². The molecule has 0 fully saturated rings. The molecule has 3 aromatic rings. The molecule has 0 amide bonds. The molecule has 0 saturated heterocycles. The molecule has 0 atom stereocenters. The summed E-state index contributed by atoms with van der Waals surface area (Å²) in [4.78, 5) is 18.0. The molecule has 0 radical (unpaired) electrons. The molecule has 0 spiro atoms. The van der Waals surface area contributed by atoms with Crippen molar-refractivity contribution in [3.63, 3.8) is 0 Å². The highest BCUT2D eigenvalue weighted by Crippen LogP contribution is 2.23. The third-order valence-corrected chi connectivity index (χ3v) is 2.18. The van der Waals surface area contributed by atoms with Gasteiger partial charge in [-0.25, -0.2) is 4.98 Å². The number of hydrogen-bond donors (Lipinski definition) is 1. The minimum Gasteiger partial charge on any atom is -0.437 e. The van der Waals surface area contributed by atoms with E-state index in [1.807, 2.05) is 24.3 Å². The Labute approximate surface area is 78.2 Å². The fourth-order valence-corrected chi connectivity index (χ4v) is 1.56. The first-order valence-electron chi connectivity index (χ1n) is 4.21. The number of aromatic nitrogens is 2. The van der Waals surface area contributed by atoms with E-state index in [2.05, 4.69) is 9.97 Å². The number of benzene rings is 1. The highest BCUT2D eigenvalue weighted by atomic mass is 16.3. The van der Waals surface area contributed by atoms with Crippen LogP contribution >= 0.6 is 0 Å². The maximum Gasteiger partial charge on any atom is 0.262 e. The number of hydrogen-bond acceptors (Lipinski definition) is 3. The molecule has 4 heteroatoms. The third kappa shape index (κ3) is 0.821. The fraction of sp³-hybridized carbons (Fsp3) is 0. The van der Waals surface area contributed by atoms with E-state index in [9.17, 15) is 4.79 Å². The Bertz CT molecular complexity index is 666. The first-order valence-corrected chi connectivity index (χ1v) is 4.21. The zero-order chi connectivity index (χ0) is 9.54. The lowest BCUT2D eigenvalue weighted by Gasteiger charge is -1.84. The lowest BCUT2D eigenvalue weighted by Crippen LogP contribution is -2.04. The van der Waals surface area contributed by atoms with Crippen LogP contribution in [0.5, 0.6) is 0 Å². The molecule has 3 rings (SSSR count). The van der Waals surface area contributed by atoms with Crippen molar-refractivity contribution in [3.8, 4) is 0 Å². The number of fused-ring (bicyclic) bond motifs is 3. The topological polar surface area (TPSA) is 58.9 Å². The lowest BCUT2D eigenvalue weighted by atomic mass is 10.2. The van der Waals surface area contributed by atoms with Crippen LogP contribution in [0.25, 0.3) is 22.1 Å². The smallest absolute Gasteiger partial charge is 0.262 e. The molecule has 1 aromatic carbocycles. The zero-order valence-electron chi connectivity index (χ0n) is 7.15. The second-order valence-electron chi connectivity index (χ2n) is 3.01. The first-order chi connectivity index (χ1) is 6.86. The summed E-state index contributed by atoms with van der Waals surface area (Å²) in [5.41, 5.74) is 0.904. The standard InChI is InChI=1S/C10H6N2O2/c13-9-8-6-3-1-2-4-7(6)14-10(8)12-5-11-9/h1-5H,(H,11,12,13). The van der Waals surface area contributed by atoms with E-state index in [1.54, 1.807) is 0 Å². The summed E-state index contributed by atoms with van der Waals surface area (Å²) >= 11 is 0. The average Bonchev–Trinajstić information content (AvgIpc) is 2.57. The molecule has 0 aliphatic carbocycles. The molecular formula is C10H6N2O2. The van der Waals surface area contributed by atoms with Crippen LogP contribution in [0.15, 0.2) is 39.8 Å². The van der Waals surface area contributed by atoms with Crippen molar-refractivity contribution < 1.29 is 4.42 Å². The molecule has 14 heavy (non-hydrogen) atoms. The summed E-state index contributed by atoms with van der Waals surface area (Å²) in [7, 11) is 0. The number of rotatable bonds is 0. The van der Waals surface area contributed by atoms with Gasteiger partial charge in [0.25, 0.3) is 5.56 Å². The van der Waals surface area contributed by atoms with Gasteiger partial charge in [-0.3, -0.25) is 4.79 Å². The van der Waals surface area contributed by atoms with Gasteiger partial charge in [-0.05, 0) is 6.07 Å².